The van der Waals surface area contributed by atoms with Crippen LogP contribution in [0.4, 0.5) is 0 Å². The Kier molecular flexibility index (Phi) is 5.79. The fourth-order valence-electron chi connectivity index (χ4n) is 1.96. The van der Waals surface area contributed by atoms with Gasteiger partial charge >= 0.3 is 0 Å². The molecule has 0 saturated carbocycles. The molecular weight excluding hydrogens is 238 g/mol. The molecule has 0 heterocycles. The minimum atomic E-state index is 0.0292. The third-order valence-corrected chi connectivity index (χ3v) is 3.28. The summed E-state index contributed by atoms with van der Waals surface area (Å²) in [6.07, 6.45) is 2.12. The van der Waals surface area contributed by atoms with Crippen molar-refractivity contribution in [2.75, 3.05) is 20.6 Å². The lowest BCUT2D eigenvalue weighted by atomic mass is 9.99. The van der Waals surface area contributed by atoms with Crippen LogP contribution in [0.2, 0.25) is 0 Å². The van der Waals surface area contributed by atoms with Crippen molar-refractivity contribution < 1.29 is 0 Å². The third kappa shape index (κ3) is 4.54. The molecule has 106 valence electrons. The van der Waals surface area contributed by atoms with E-state index < -0.39 is 0 Å². The Morgan fingerprint density at radius 2 is 1.95 bits per heavy atom. The van der Waals surface area contributed by atoms with Gasteiger partial charge in [-0.25, -0.2) is 11.0 Å². The Bertz CT molecular complexity index is 428. The quantitative estimate of drug-likeness (QED) is 0.352. The summed E-state index contributed by atoms with van der Waals surface area (Å²) in [7, 11) is 4.09. The number of aryl methyl sites for hydroxylation is 2. The summed E-state index contributed by atoms with van der Waals surface area (Å²) >= 11 is 0. The smallest absolute Gasteiger partial charge is 0.107 e. The van der Waals surface area contributed by atoms with Gasteiger partial charge in [-0.3, -0.25) is 0 Å². The molecular formula is C14H25N5. The van der Waals surface area contributed by atoms with Crippen LogP contribution in [0.15, 0.2) is 23.3 Å². The average molecular weight is 263 g/mol. The first-order valence-electron chi connectivity index (χ1n) is 6.45. The number of hydrogen-bond acceptors (Lipinski definition) is 4. The number of hydrazine groups is 1. The first kappa shape index (κ1) is 15.5. The molecule has 1 rings (SSSR count). The Morgan fingerprint density at radius 3 is 2.47 bits per heavy atom. The van der Waals surface area contributed by atoms with Crippen LogP contribution < -0.4 is 11.6 Å². The largest absolute Gasteiger partial charge is 0.388 e. The lowest BCUT2D eigenvalue weighted by Gasteiger charge is -2.26. The van der Waals surface area contributed by atoms with E-state index in [4.69, 9.17) is 11.6 Å². The second-order valence-electron chi connectivity index (χ2n) is 5.10. The lowest BCUT2D eigenvalue weighted by Crippen LogP contribution is -2.33. The minimum absolute atomic E-state index is 0.0292. The molecule has 5 nitrogen and oxygen atoms in total. The lowest BCUT2D eigenvalue weighted by molar-refractivity contribution is 0.187. The van der Waals surface area contributed by atoms with Gasteiger partial charge in [-0.05, 0) is 57.6 Å². The van der Waals surface area contributed by atoms with E-state index in [1.165, 1.54) is 22.6 Å². The highest BCUT2D eigenvalue weighted by molar-refractivity contribution is 5.50. The van der Waals surface area contributed by atoms with Gasteiger partial charge < -0.3 is 10.6 Å². The highest BCUT2D eigenvalue weighted by Gasteiger charge is 2.17. The van der Waals surface area contributed by atoms with E-state index in [2.05, 4.69) is 42.0 Å². The minimum Gasteiger partial charge on any atom is -0.388 e. The van der Waals surface area contributed by atoms with Crippen molar-refractivity contribution in [1.29, 1.82) is 0 Å². The van der Waals surface area contributed by atoms with Crippen molar-refractivity contribution in [1.82, 2.24) is 10.0 Å². The average Bonchev–Trinajstić information content (AvgIpc) is 2.33. The predicted molar refractivity (Wildman–Crippen MR) is 80.5 cm³/mol. The second-order valence-corrected chi connectivity index (χ2v) is 5.10. The van der Waals surface area contributed by atoms with Gasteiger partial charge in [0.15, 0.2) is 0 Å². The van der Waals surface area contributed by atoms with E-state index in [0.717, 1.165) is 18.5 Å². The topological polar surface area (TPSA) is 70.9 Å². The van der Waals surface area contributed by atoms with Gasteiger partial charge in [0.25, 0.3) is 0 Å². The number of hydrogen-bond donors (Lipinski definition) is 2. The highest BCUT2D eigenvalue weighted by atomic mass is 15.6. The molecule has 0 aliphatic rings. The van der Waals surface area contributed by atoms with E-state index in [1.807, 2.05) is 14.1 Å². The first-order valence-corrected chi connectivity index (χ1v) is 6.45. The Labute approximate surface area is 115 Å². The summed E-state index contributed by atoms with van der Waals surface area (Å²) in [6.45, 7) is 5.15. The van der Waals surface area contributed by atoms with Gasteiger partial charge in [0.2, 0.25) is 0 Å². The molecule has 19 heavy (non-hydrogen) atoms. The summed E-state index contributed by atoms with van der Waals surface area (Å²) in [5, 5.41) is 5.41. The molecule has 1 aromatic rings. The Morgan fingerprint density at radius 1 is 1.26 bits per heavy atom. The van der Waals surface area contributed by atoms with Crippen LogP contribution in [0.5, 0.6) is 0 Å². The maximum Gasteiger partial charge on any atom is 0.107 e. The van der Waals surface area contributed by atoms with Gasteiger partial charge in [0.1, 0.15) is 6.34 Å². The van der Waals surface area contributed by atoms with Crippen LogP contribution in [0.3, 0.4) is 0 Å². The van der Waals surface area contributed by atoms with Crippen LogP contribution in [-0.2, 0) is 0 Å². The molecule has 0 saturated heterocycles. The fourth-order valence-corrected chi connectivity index (χ4v) is 1.96. The molecule has 0 bridgehead atoms. The maximum absolute atomic E-state index is 5.97. The Hall–Kier alpha value is -1.59. The van der Waals surface area contributed by atoms with Crippen LogP contribution in [0.1, 0.15) is 29.2 Å². The van der Waals surface area contributed by atoms with Gasteiger partial charge in [-0.15, -0.1) is 0 Å². The van der Waals surface area contributed by atoms with Gasteiger partial charge in [0.05, 0.1) is 6.04 Å². The van der Waals surface area contributed by atoms with E-state index in [1.54, 1.807) is 0 Å². The molecule has 0 aromatic heterocycles. The highest BCUT2D eigenvalue weighted by Crippen LogP contribution is 2.24. The summed E-state index contributed by atoms with van der Waals surface area (Å²) < 4.78 is 0. The van der Waals surface area contributed by atoms with Crippen molar-refractivity contribution in [3.05, 3.63) is 34.9 Å². The number of hydrazone groups is 1. The van der Waals surface area contributed by atoms with Gasteiger partial charge in [-0.1, -0.05) is 18.2 Å². The summed E-state index contributed by atoms with van der Waals surface area (Å²) in [5.74, 6) is 5.97. The number of rotatable bonds is 6. The van der Waals surface area contributed by atoms with Crippen LogP contribution in [0, 0.1) is 13.8 Å². The van der Waals surface area contributed by atoms with E-state index in [-0.39, 0.29) is 6.04 Å². The molecule has 4 N–H and O–H groups in total. The maximum atomic E-state index is 5.97. The Balaban J connectivity index is 2.96. The zero-order valence-corrected chi connectivity index (χ0v) is 12.3. The third-order valence-electron chi connectivity index (χ3n) is 3.28. The number of benzene rings is 1. The molecule has 1 atom stereocenters. The summed E-state index contributed by atoms with van der Waals surface area (Å²) in [6, 6.07) is 6.42. The van der Waals surface area contributed by atoms with Crippen molar-refractivity contribution in [3.63, 3.8) is 0 Å². The van der Waals surface area contributed by atoms with Crippen LogP contribution in [-0.4, -0.2) is 37.0 Å². The van der Waals surface area contributed by atoms with Crippen molar-refractivity contribution >= 4 is 6.34 Å². The normalized spacial score (nSPS) is 13.2. The van der Waals surface area contributed by atoms with E-state index >= 15 is 0 Å². The molecule has 0 aliphatic carbocycles. The zero-order valence-electron chi connectivity index (χ0n) is 12.3. The molecule has 0 spiro atoms. The van der Waals surface area contributed by atoms with Gasteiger partial charge in [-0.2, -0.15) is 5.10 Å². The molecule has 0 radical (unpaired) electrons. The van der Waals surface area contributed by atoms with Crippen LogP contribution >= 0.6 is 0 Å². The first-order chi connectivity index (χ1) is 8.95. The van der Waals surface area contributed by atoms with Gasteiger partial charge in [0, 0.05) is 0 Å². The molecule has 0 aliphatic heterocycles. The molecule has 1 aromatic carbocycles. The molecule has 0 amide bonds. The fraction of sp³-hybridized carbons (Fsp3) is 0.500. The van der Waals surface area contributed by atoms with Crippen molar-refractivity contribution in [2.45, 2.75) is 26.3 Å². The zero-order chi connectivity index (χ0) is 14.4. The number of nitrogens with zero attached hydrogens (tertiary/aromatic N) is 3. The standard InChI is InChI=1S/C14H25N5/c1-11-5-6-13(9-12(11)2)14(7-8-18(3)4)19(16)17-10-15/h5-6,9-10,14H,7-8,16H2,1-4H3,(H2,15,17). The molecule has 1 unspecified atom stereocenters. The molecule has 5 heteroatoms. The summed E-state index contributed by atoms with van der Waals surface area (Å²) in [4.78, 5) is 2.13. The van der Waals surface area contributed by atoms with Crippen molar-refractivity contribution in [2.24, 2.45) is 16.7 Å². The van der Waals surface area contributed by atoms with E-state index in [9.17, 15) is 0 Å². The SMILES string of the molecule is Cc1ccc(C(CCN(C)C)N(N)/N=C\N)cc1C. The predicted octanol–water partition coefficient (Wildman–Crippen LogP) is 1.37. The number of nitrogens with two attached hydrogens (primary N) is 2. The monoisotopic (exact) mass is 263 g/mol. The van der Waals surface area contributed by atoms with Crippen molar-refractivity contribution in [3.8, 4) is 0 Å². The second kappa shape index (κ2) is 7.11. The van der Waals surface area contributed by atoms with Crippen LogP contribution in [0.25, 0.3) is 0 Å². The summed E-state index contributed by atoms with van der Waals surface area (Å²) in [5.41, 5.74) is 9.04. The molecule has 0 fully saturated rings. The van der Waals surface area contributed by atoms with E-state index in [0.29, 0.717) is 0 Å².